The van der Waals surface area contributed by atoms with E-state index in [-0.39, 0.29) is 12.2 Å². The van der Waals surface area contributed by atoms with Crippen molar-refractivity contribution in [3.8, 4) is 28.8 Å². The van der Waals surface area contributed by atoms with Crippen LogP contribution in [0.15, 0.2) is 41.8 Å². The second-order valence-corrected chi connectivity index (χ2v) is 10.4. The summed E-state index contributed by atoms with van der Waals surface area (Å²) in [5.74, 6) is 1.45. The summed E-state index contributed by atoms with van der Waals surface area (Å²) in [7, 11) is 0. The molecule has 1 saturated carbocycles. The Hall–Kier alpha value is -4.17. The molecule has 3 N–H and O–H groups in total. The fourth-order valence-electron chi connectivity index (χ4n) is 4.66. The number of aliphatic imine (C=N–C) groups is 1. The van der Waals surface area contributed by atoms with E-state index in [0.29, 0.717) is 48.9 Å². The topological polar surface area (TPSA) is 145 Å². The maximum atomic E-state index is 9.52. The van der Waals surface area contributed by atoms with Crippen LogP contribution in [0.1, 0.15) is 70.9 Å². The molecular weight excluding hydrogens is 520 g/mol. The lowest BCUT2D eigenvalue weighted by Crippen LogP contribution is -2.16. The van der Waals surface area contributed by atoms with Gasteiger partial charge in [0.25, 0.3) is 5.88 Å². The summed E-state index contributed by atoms with van der Waals surface area (Å²) < 4.78 is 19.7. The fourth-order valence-corrected chi connectivity index (χ4v) is 4.66. The number of nitrogens with two attached hydrogens (primary N) is 1. The van der Waals surface area contributed by atoms with Crippen LogP contribution in [0.25, 0.3) is 11.1 Å². The molecule has 1 aromatic carbocycles. The largest absolute Gasteiger partial charge is 0.487 e. The van der Waals surface area contributed by atoms with Crippen LogP contribution < -0.4 is 20.5 Å². The van der Waals surface area contributed by atoms with Gasteiger partial charge in [-0.1, -0.05) is 25.3 Å². The Kier molecular flexibility index (Phi) is 10.9. The van der Waals surface area contributed by atoms with E-state index < -0.39 is 0 Å². The molecule has 1 atom stereocenters. The Morgan fingerprint density at radius 3 is 2.63 bits per heavy atom. The highest BCUT2D eigenvalue weighted by Crippen LogP contribution is 2.33. The number of hydrogen-bond donors (Lipinski definition) is 2. The van der Waals surface area contributed by atoms with Crippen molar-refractivity contribution < 1.29 is 14.2 Å². The van der Waals surface area contributed by atoms with Gasteiger partial charge in [0.1, 0.15) is 23.6 Å². The van der Waals surface area contributed by atoms with E-state index in [1.807, 2.05) is 43.8 Å². The van der Waals surface area contributed by atoms with E-state index in [1.165, 1.54) is 25.6 Å². The molecule has 0 spiro atoms. The van der Waals surface area contributed by atoms with Gasteiger partial charge in [-0.3, -0.25) is 9.67 Å². The molecule has 1 aliphatic rings. The van der Waals surface area contributed by atoms with Crippen LogP contribution in [0.2, 0.25) is 0 Å². The van der Waals surface area contributed by atoms with Gasteiger partial charge in [-0.15, -0.1) is 5.10 Å². The fraction of sp³-hybridized carbons (Fsp3) is 0.500. The van der Waals surface area contributed by atoms with E-state index in [9.17, 15) is 5.26 Å². The van der Waals surface area contributed by atoms with E-state index in [4.69, 9.17) is 25.0 Å². The molecule has 0 radical (unpaired) electrons. The highest BCUT2D eigenvalue weighted by Gasteiger charge is 2.20. The average molecular weight is 561 g/mol. The van der Waals surface area contributed by atoms with Gasteiger partial charge in [0.05, 0.1) is 50.0 Å². The average Bonchev–Trinajstić information content (AvgIpc) is 3.39. The minimum atomic E-state index is -0.242. The van der Waals surface area contributed by atoms with Crippen molar-refractivity contribution in [3.63, 3.8) is 0 Å². The first kappa shape index (κ1) is 29.8. The van der Waals surface area contributed by atoms with Gasteiger partial charge in [-0.25, -0.2) is 9.97 Å². The Morgan fingerprint density at radius 1 is 1.15 bits per heavy atom. The van der Waals surface area contributed by atoms with Gasteiger partial charge >= 0.3 is 0 Å². The van der Waals surface area contributed by atoms with Crippen LogP contribution in [-0.2, 0) is 4.74 Å². The molecule has 218 valence electrons. The summed E-state index contributed by atoms with van der Waals surface area (Å²) >= 11 is 0. The normalized spacial score (nSPS) is 14.7. The van der Waals surface area contributed by atoms with Crippen molar-refractivity contribution in [3.05, 3.63) is 42.4 Å². The Bertz CT molecular complexity index is 1310. The van der Waals surface area contributed by atoms with Gasteiger partial charge in [-0.05, 0) is 51.3 Å². The number of nitrogens with one attached hydrogen (secondary N) is 1. The van der Waals surface area contributed by atoms with Crippen LogP contribution in [0, 0.1) is 11.3 Å². The van der Waals surface area contributed by atoms with Crippen molar-refractivity contribution in [2.45, 2.75) is 77.5 Å². The first-order valence-electron chi connectivity index (χ1n) is 14.3. The maximum absolute atomic E-state index is 9.52. The number of aromatic nitrogens is 4. The summed E-state index contributed by atoms with van der Waals surface area (Å²) in [6.07, 6.45) is 13.4. The Morgan fingerprint density at radius 2 is 1.93 bits per heavy atom. The van der Waals surface area contributed by atoms with Crippen LogP contribution in [-0.4, -0.2) is 58.1 Å². The zero-order valence-corrected chi connectivity index (χ0v) is 24.1. The number of nitrogens with zero attached hydrogens (tertiary/aromatic N) is 6. The van der Waals surface area contributed by atoms with E-state index >= 15 is 0 Å². The van der Waals surface area contributed by atoms with E-state index in [1.54, 1.807) is 18.5 Å². The Labute approximate surface area is 241 Å². The number of benzene rings is 1. The summed E-state index contributed by atoms with van der Waals surface area (Å²) in [5.41, 5.74) is 8.13. The monoisotopic (exact) mass is 560 g/mol. The third-order valence-corrected chi connectivity index (χ3v) is 6.76. The summed E-state index contributed by atoms with van der Waals surface area (Å²) in [6, 6.07) is 7.93. The van der Waals surface area contributed by atoms with Crippen LogP contribution in [0.3, 0.4) is 0 Å². The molecule has 1 aliphatic carbocycles. The third kappa shape index (κ3) is 8.66. The summed E-state index contributed by atoms with van der Waals surface area (Å²) in [6.45, 7) is 7.45. The minimum absolute atomic E-state index is 0.195. The van der Waals surface area contributed by atoms with Gasteiger partial charge in [0, 0.05) is 24.4 Å². The van der Waals surface area contributed by atoms with Crippen molar-refractivity contribution >= 4 is 18.0 Å². The van der Waals surface area contributed by atoms with Crippen molar-refractivity contribution in [2.75, 3.05) is 25.1 Å². The molecule has 0 bridgehead atoms. The molecule has 0 aliphatic heterocycles. The molecule has 0 unspecified atom stereocenters. The molecule has 2 heterocycles. The lowest BCUT2D eigenvalue weighted by Gasteiger charge is -2.21. The molecule has 41 heavy (non-hydrogen) atoms. The number of anilines is 2. The SMILES string of the molecule is CC(C)OCCCOc1nn(C2CCCCC2)cc1Nc1ncc(-c2ccc(C#N)c(O[C@@H](C)CN=CN)c2)cn1. The molecule has 2 aromatic heterocycles. The number of nitriles is 1. The van der Waals surface area contributed by atoms with E-state index in [2.05, 4.69) is 26.3 Å². The van der Waals surface area contributed by atoms with Crippen molar-refractivity contribution in [1.29, 1.82) is 5.26 Å². The lowest BCUT2D eigenvalue weighted by molar-refractivity contribution is 0.0690. The number of rotatable bonds is 14. The molecule has 3 aromatic rings. The molecule has 4 rings (SSSR count). The zero-order chi connectivity index (χ0) is 29.0. The lowest BCUT2D eigenvalue weighted by atomic mass is 9.96. The number of hydrogen-bond acceptors (Lipinski definition) is 9. The quantitative estimate of drug-likeness (QED) is 0.150. The predicted molar refractivity (Wildman–Crippen MR) is 159 cm³/mol. The summed E-state index contributed by atoms with van der Waals surface area (Å²) in [4.78, 5) is 13.1. The minimum Gasteiger partial charge on any atom is -0.487 e. The number of ether oxygens (including phenoxy) is 3. The molecule has 11 nitrogen and oxygen atoms in total. The van der Waals surface area contributed by atoms with Crippen LogP contribution in [0.5, 0.6) is 11.6 Å². The van der Waals surface area contributed by atoms with Gasteiger partial charge < -0.3 is 25.3 Å². The maximum Gasteiger partial charge on any atom is 0.256 e. The van der Waals surface area contributed by atoms with Crippen molar-refractivity contribution in [1.82, 2.24) is 19.7 Å². The Balaban J connectivity index is 1.48. The standard InChI is InChI=1S/C30H40N8O3/c1-21(2)39-12-7-13-40-29-27(19-38(37-29)26-8-5-4-6-9-26)36-30-34-17-25(18-35-30)23-10-11-24(15-31)28(14-23)41-22(3)16-33-20-32/h10-11,14,17-22,26H,4-9,12-13,16H2,1-3H3,(H2,32,33)(H,34,35,36)/t22-/m0/s1. The zero-order valence-electron chi connectivity index (χ0n) is 24.1. The first-order chi connectivity index (χ1) is 20.0. The molecule has 0 amide bonds. The van der Waals surface area contributed by atoms with Gasteiger partial charge in [-0.2, -0.15) is 5.26 Å². The predicted octanol–water partition coefficient (Wildman–Crippen LogP) is 5.41. The molecule has 1 fully saturated rings. The van der Waals surface area contributed by atoms with Crippen LogP contribution >= 0.6 is 0 Å². The van der Waals surface area contributed by atoms with Gasteiger partial charge in [0.15, 0.2) is 0 Å². The highest BCUT2D eigenvalue weighted by atomic mass is 16.5. The first-order valence-corrected chi connectivity index (χ1v) is 14.3. The van der Waals surface area contributed by atoms with Crippen molar-refractivity contribution in [2.24, 2.45) is 10.7 Å². The summed E-state index contributed by atoms with van der Waals surface area (Å²) in [5, 5.41) is 17.6. The smallest absolute Gasteiger partial charge is 0.256 e. The third-order valence-electron chi connectivity index (χ3n) is 6.76. The van der Waals surface area contributed by atoms with Gasteiger partial charge in [0.2, 0.25) is 5.95 Å². The second kappa shape index (κ2) is 15.0. The molecular formula is C30H40N8O3. The molecule has 11 heteroatoms. The second-order valence-electron chi connectivity index (χ2n) is 10.4. The van der Waals surface area contributed by atoms with Crippen LogP contribution in [0.4, 0.5) is 11.6 Å². The van der Waals surface area contributed by atoms with E-state index in [0.717, 1.165) is 36.1 Å². The highest BCUT2D eigenvalue weighted by molar-refractivity contribution is 5.67. The molecule has 0 saturated heterocycles.